The van der Waals surface area contributed by atoms with Gasteiger partial charge in [-0.1, -0.05) is 30.8 Å². The minimum absolute atomic E-state index is 0. The van der Waals surface area contributed by atoms with Crippen LogP contribution in [0.2, 0.25) is 0 Å². The van der Waals surface area contributed by atoms with Gasteiger partial charge in [-0.05, 0) is 36.8 Å². The topological polar surface area (TPSA) is 55.7 Å². The Hall–Kier alpha value is -1.45. The van der Waals surface area contributed by atoms with Crippen LogP contribution < -0.4 is 10.2 Å². The molecule has 2 aromatic carbocycles. The maximum Gasteiger partial charge on any atom is 0.416 e. The first-order valence-electron chi connectivity index (χ1n) is 9.11. The van der Waals surface area contributed by atoms with Gasteiger partial charge in [0.25, 0.3) is 0 Å². The van der Waals surface area contributed by atoms with Gasteiger partial charge < -0.3 is 20.4 Å². The molecule has 0 saturated carbocycles. The maximum atomic E-state index is 13.2. The number of β-amino-alcohol motifs (C(OH)–C–C–N with tert-alkyl or cyclic N) is 1. The van der Waals surface area contributed by atoms with E-state index in [9.17, 15) is 23.4 Å². The van der Waals surface area contributed by atoms with Crippen LogP contribution in [0.3, 0.4) is 0 Å². The summed E-state index contributed by atoms with van der Waals surface area (Å²) in [7, 11) is 0. The number of anilines is 2. The van der Waals surface area contributed by atoms with Gasteiger partial charge >= 0.3 is 6.18 Å². The zero-order chi connectivity index (χ0) is 20.3. The SMILES string of the molecule is CCC(CO)NCC(O)CN1c2ccccc2Sc2ccc(C(F)(F)F)cc21.Cl. The van der Waals surface area contributed by atoms with Crippen molar-refractivity contribution in [3.63, 3.8) is 0 Å². The molecule has 0 aliphatic carbocycles. The summed E-state index contributed by atoms with van der Waals surface area (Å²) in [4.78, 5) is 3.38. The summed E-state index contributed by atoms with van der Waals surface area (Å²) < 4.78 is 39.7. The summed E-state index contributed by atoms with van der Waals surface area (Å²) in [5.74, 6) is 0. The monoisotopic (exact) mass is 448 g/mol. The van der Waals surface area contributed by atoms with Gasteiger partial charge in [-0.25, -0.2) is 0 Å². The van der Waals surface area contributed by atoms with Crippen LogP contribution in [0, 0.1) is 0 Å². The number of aliphatic hydroxyl groups excluding tert-OH is 2. The third kappa shape index (κ3) is 5.58. The fourth-order valence-electron chi connectivity index (χ4n) is 3.12. The quantitative estimate of drug-likeness (QED) is 0.584. The molecule has 0 radical (unpaired) electrons. The Kier molecular flexibility index (Phi) is 8.25. The number of nitrogens with one attached hydrogen (secondary N) is 1. The summed E-state index contributed by atoms with van der Waals surface area (Å²) in [5, 5.41) is 22.9. The van der Waals surface area contributed by atoms with Crippen molar-refractivity contribution in [3.05, 3.63) is 48.0 Å². The van der Waals surface area contributed by atoms with Crippen LogP contribution in [0.4, 0.5) is 24.5 Å². The smallest absolute Gasteiger partial charge is 0.395 e. The molecule has 3 rings (SSSR count). The lowest BCUT2D eigenvalue weighted by Crippen LogP contribution is -2.42. The van der Waals surface area contributed by atoms with Crippen molar-refractivity contribution in [2.75, 3.05) is 24.6 Å². The molecule has 0 bridgehead atoms. The van der Waals surface area contributed by atoms with Crippen LogP contribution in [0.5, 0.6) is 0 Å². The predicted octanol–water partition coefficient (Wildman–Crippen LogP) is 4.45. The Morgan fingerprint density at radius 3 is 2.45 bits per heavy atom. The number of rotatable bonds is 7. The third-order valence-electron chi connectivity index (χ3n) is 4.70. The molecule has 1 aliphatic heterocycles. The van der Waals surface area contributed by atoms with Crippen LogP contribution in [0.15, 0.2) is 52.3 Å². The zero-order valence-electron chi connectivity index (χ0n) is 15.8. The van der Waals surface area contributed by atoms with E-state index < -0.39 is 17.8 Å². The highest BCUT2D eigenvalue weighted by Crippen LogP contribution is 2.49. The van der Waals surface area contributed by atoms with E-state index in [4.69, 9.17) is 0 Å². The van der Waals surface area contributed by atoms with Crippen molar-refractivity contribution in [1.29, 1.82) is 0 Å². The van der Waals surface area contributed by atoms with Gasteiger partial charge in [-0.2, -0.15) is 13.2 Å². The third-order valence-corrected chi connectivity index (χ3v) is 5.83. The van der Waals surface area contributed by atoms with Crippen LogP contribution in [-0.4, -0.2) is 42.1 Å². The number of aliphatic hydroxyl groups is 2. The van der Waals surface area contributed by atoms with Crippen molar-refractivity contribution in [1.82, 2.24) is 5.32 Å². The average Bonchev–Trinajstić information content (AvgIpc) is 2.67. The molecule has 9 heteroatoms. The number of fused-ring (bicyclic) bond motifs is 2. The van der Waals surface area contributed by atoms with Crippen molar-refractivity contribution in [3.8, 4) is 0 Å². The molecule has 0 aromatic heterocycles. The van der Waals surface area contributed by atoms with Crippen molar-refractivity contribution < 1.29 is 23.4 Å². The number of nitrogens with zero attached hydrogens (tertiary/aromatic N) is 1. The van der Waals surface area contributed by atoms with E-state index in [1.165, 1.54) is 17.8 Å². The standard InChI is InChI=1S/C20H23F3N2O2S.ClH/c1-2-14(12-26)24-10-15(27)11-25-16-5-3-4-6-18(16)28-19-8-7-13(9-17(19)25)20(21,22)23;/h3-9,14-15,24,26-27H,2,10-12H2,1H3;1H. The summed E-state index contributed by atoms with van der Waals surface area (Å²) in [5.41, 5.74) is 0.495. The van der Waals surface area contributed by atoms with E-state index in [2.05, 4.69) is 5.32 Å². The Bertz CT molecular complexity index is 819. The Morgan fingerprint density at radius 2 is 1.79 bits per heavy atom. The van der Waals surface area contributed by atoms with Crippen LogP contribution in [0.25, 0.3) is 0 Å². The van der Waals surface area contributed by atoms with E-state index in [0.29, 0.717) is 17.0 Å². The van der Waals surface area contributed by atoms with Crippen LogP contribution in [0.1, 0.15) is 18.9 Å². The van der Waals surface area contributed by atoms with E-state index >= 15 is 0 Å². The number of para-hydroxylation sites is 1. The molecular formula is C20H24ClF3N2O2S. The first-order valence-corrected chi connectivity index (χ1v) is 9.93. The molecule has 3 N–H and O–H groups in total. The van der Waals surface area contributed by atoms with Gasteiger partial charge in [0.15, 0.2) is 0 Å². The highest BCUT2D eigenvalue weighted by Gasteiger charge is 2.33. The highest BCUT2D eigenvalue weighted by atomic mass is 35.5. The second-order valence-corrected chi connectivity index (χ2v) is 7.79. The Labute approximate surface area is 178 Å². The molecule has 0 fully saturated rings. The number of hydrogen-bond donors (Lipinski definition) is 3. The molecule has 2 aromatic rings. The fraction of sp³-hybridized carbons (Fsp3) is 0.400. The second-order valence-electron chi connectivity index (χ2n) is 6.71. The van der Waals surface area contributed by atoms with Crippen LogP contribution in [-0.2, 0) is 6.18 Å². The summed E-state index contributed by atoms with van der Waals surface area (Å²) in [6.45, 7) is 2.26. The molecule has 0 saturated heterocycles. The molecule has 1 aliphatic rings. The van der Waals surface area contributed by atoms with E-state index in [0.717, 1.165) is 22.7 Å². The lowest BCUT2D eigenvalue weighted by molar-refractivity contribution is -0.137. The molecule has 160 valence electrons. The van der Waals surface area contributed by atoms with Gasteiger partial charge in [0.2, 0.25) is 0 Å². The van der Waals surface area contributed by atoms with Gasteiger partial charge in [-0.15, -0.1) is 12.4 Å². The minimum atomic E-state index is -4.43. The van der Waals surface area contributed by atoms with Crippen molar-refractivity contribution in [2.45, 2.75) is 41.5 Å². The molecule has 1 heterocycles. The lowest BCUT2D eigenvalue weighted by Gasteiger charge is -2.35. The Morgan fingerprint density at radius 1 is 1.10 bits per heavy atom. The van der Waals surface area contributed by atoms with Gasteiger partial charge in [0.1, 0.15) is 0 Å². The van der Waals surface area contributed by atoms with Gasteiger partial charge in [0, 0.05) is 22.4 Å². The molecule has 4 nitrogen and oxygen atoms in total. The average molecular weight is 449 g/mol. The van der Waals surface area contributed by atoms with E-state index in [1.54, 1.807) is 4.90 Å². The minimum Gasteiger partial charge on any atom is -0.395 e. The van der Waals surface area contributed by atoms with E-state index in [1.807, 2.05) is 31.2 Å². The number of hydrogen-bond acceptors (Lipinski definition) is 5. The molecular weight excluding hydrogens is 425 g/mol. The summed E-state index contributed by atoms with van der Waals surface area (Å²) >= 11 is 1.42. The molecule has 0 amide bonds. The molecule has 2 atom stereocenters. The highest BCUT2D eigenvalue weighted by molar-refractivity contribution is 7.99. The largest absolute Gasteiger partial charge is 0.416 e. The predicted molar refractivity (Wildman–Crippen MR) is 111 cm³/mol. The lowest BCUT2D eigenvalue weighted by atomic mass is 10.1. The van der Waals surface area contributed by atoms with Crippen molar-refractivity contribution >= 4 is 35.5 Å². The van der Waals surface area contributed by atoms with Crippen LogP contribution >= 0.6 is 24.2 Å². The molecule has 2 unspecified atom stereocenters. The maximum absolute atomic E-state index is 13.2. The van der Waals surface area contributed by atoms with E-state index in [-0.39, 0.29) is 38.1 Å². The molecule has 0 spiro atoms. The normalized spacial score (nSPS) is 15.2. The number of benzene rings is 2. The first-order chi connectivity index (χ1) is 13.3. The summed E-state index contributed by atoms with van der Waals surface area (Å²) in [6.07, 6.45) is -4.54. The van der Waals surface area contributed by atoms with Gasteiger partial charge in [0.05, 0.1) is 36.2 Å². The second kappa shape index (κ2) is 10.0. The van der Waals surface area contributed by atoms with Crippen molar-refractivity contribution in [2.24, 2.45) is 0 Å². The molecule has 29 heavy (non-hydrogen) atoms. The first kappa shape index (κ1) is 23.8. The Balaban J connectivity index is 0.00000300. The van der Waals surface area contributed by atoms with Gasteiger partial charge in [-0.3, -0.25) is 0 Å². The fourth-order valence-corrected chi connectivity index (χ4v) is 4.19. The number of halogens is 4. The number of alkyl halides is 3. The summed E-state index contributed by atoms with van der Waals surface area (Å²) in [6, 6.07) is 11.0. The zero-order valence-corrected chi connectivity index (χ0v) is 17.4.